The molecule has 0 aliphatic carbocycles. The van der Waals surface area contributed by atoms with Crippen LogP contribution in [0.5, 0.6) is 5.75 Å². The van der Waals surface area contributed by atoms with Gasteiger partial charge in [-0.1, -0.05) is 11.6 Å². The number of methoxy groups -OCH3 is 1. The summed E-state index contributed by atoms with van der Waals surface area (Å²) >= 11 is 7.19. The summed E-state index contributed by atoms with van der Waals surface area (Å²) < 4.78 is 11.0. The number of nitro benzene ring substituents is 1. The van der Waals surface area contributed by atoms with Gasteiger partial charge in [-0.25, -0.2) is 4.99 Å². The number of furan rings is 1. The van der Waals surface area contributed by atoms with Crippen molar-refractivity contribution in [3.8, 4) is 17.1 Å². The summed E-state index contributed by atoms with van der Waals surface area (Å²) in [5, 5.41) is 14.4. The summed E-state index contributed by atoms with van der Waals surface area (Å²) in [5.41, 5.74) is 1.19. The van der Waals surface area contributed by atoms with E-state index in [1.165, 1.54) is 19.2 Å². The maximum atomic E-state index is 12.3. The van der Waals surface area contributed by atoms with Gasteiger partial charge in [-0.15, -0.1) is 0 Å². The number of thioether (sulfide) groups is 1. The Morgan fingerprint density at radius 1 is 1.19 bits per heavy atom. The minimum absolute atomic E-state index is 0.000162. The Labute approximate surface area is 185 Å². The molecule has 31 heavy (non-hydrogen) atoms. The van der Waals surface area contributed by atoms with Crippen molar-refractivity contribution in [2.75, 3.05) is 7.11 Å². The Hall–Kier alpha value is -3.56. The number of rotatable bonds is 5. The highest BCUT2D eigenvalue weighted by Crippen LogP contribution is 2.34. The molecular formula is C21H14ClN3O5S. The highest BCUT2D eigenvalue weighted by atomic mass is 35.5. The van der Waals surface area contributed by atoms with Crippen LogP contribution in [-0.2, 0) is 4.79 Å². The van der Waals surface area contributed by atoms with Crippen molar-refractivity contribution in [1.29, 1.82) is 0 Å². The number of ether oxygens (including phenoxy) is 1. The number of hydrogen-bond donors (Lipinski definition) is 1. The van der Waals surface area contributed by atoms with Gasteiger partial charge in [-0.3, -0.25) is 14.9 Å². The first kappa shape index (κ1) is 20.7. The van der Waals surface area contributed by atoms with E-state index < -0.39 is 4.92 Å². The Kier molecular flexibility index (Phi) is 5.79. The van der Waals surface area contributed by atoms with E-state index in [4.69, 9.17) is 20.8 Å². The van der Waals surface area contributed by atoms with Crippen LogP contribution in [0.4, 0.5) is 11.4 Å². The van der Waals surface area contributed by atoms with E-state index in [-0.39, 0.29) is 11.6 Å². The van der Waals surface area contributed by atoms with Crippen LogP contribution in [0.3, 0.4) is 0 Å². The first-order valence-electron chi connectivity index (χ1n) is 8.91. The normalized spacial score (nSPS) is 16.0. The number of halogens is 1. The molecule has 1 N–H and O–H groups in total. The molecule has 1 saturated heterocycles. The number of non-ortho nitro benzene ring substituents is 1. The van der Waals surface area contributed by atoms with Crippen molar-refractivity contribution in [1.82, 2.24) is 5.32 Å². The molecule has 2 aromatic carbocycles. The lowest BCUT2D eigenvalue weighted by Gasteiger charge is -2.04. The number of carbonyl (C=O) groups excluding carboxylic acids is 1. The predicted molar refractivity (Wildman–Crippen MR) is 120 cm³/mol. The van der Waals surface area contributed by atoms with Crippen LogP contribution in [-0.4, -0.2) is 23.1 Å². The van der Waals surface area contributed by atoms with Gasteiger partial charge in [0.2, 0.25) is 0 Å². The third kappa shape index (κ3) is 4.62. The predicted octanol–water partition coefficient (Wildman–Crippen LogP) is 5.41. The highest BCUT2D eigenvalue weighted by Gasteiger charge is 2.25. The fourth-order valence-electron chi connectivity index (χ4n) is 2.80. The van der Waals surface area contributed by atoms with Gasteiger partial charge in [0.05, 0.1) is 16.9 Å². The Balaban J connectivity index is 1.54. The smallest absolute Gasteiger partial charge is 0.269 e. The minimum Gasteiger partial charge on any atom is -0.494 e. The van der Waals surface area contributed by atoms with Gasteiger partial charge in [-0.2, -0.15) is 0 Å². The van der Waals surface area contributed by atoms with Crippen molar-refractivity contribution in [2.45, 2.75) is 0 Å². The van der Waals surface area contributed by atoms with Gasteiger partial charge in [0.1, 0.15) is 23.0 Å². The largest absolute Gasteiger partial charge is 0.494 e. The Bertz CT molecular complexity index is 1230. The zero-order chi connectivity index (χ0) is 22.0. The summed E-state index contributed by atoms with van der Waals surface area (Å²) in [6.07, 6.45) is 1.60. The summed E-state index contributed by atoms with van der Waals surface area (Å²) in [6, 6.07) is 14.5. The minimum atomic E-state index is -0.462. The maximum absolute atomic E-state index is 12.3. The van der Waals surface area contributed by atoms with Crippen LogP contribution in [0.2, 0.25) is 5.02 Å². The van der Waals surface area contributed by atoms with Crippen LogP contribution < -0.4 is 10.1 Å². The van der Waals surface area contributed by atoms with Crippen molar-refractivity contribution in [2.24, 2.45) is 4.99 Å². The molecule has 0 radical (unpaired) electrons. The zero-order valence-corrected chi connectivity index (χ0v) is 17.6. The molecule has 8 nitrogen and oxygen atoms in total. The van der Waals surface area contributed by atoms with Crippen molar-refractivity contribution in [3.63, 3.8) is 0 Å². The summed E-state index contributed by atoms with van der Waals surface area (Å²) in [4.78, 5) is 27.5. The number of carbonyl (C=O) groups is 1. The van der Waals surface area contributed by atoms with Gasteiger partial charge in [-0.05, 0) is 54.2 Å². The molecule has 1 fully saturated rings. The highest BCUT2D eigenvalue weighted by molar-refractivity contribution is 8.18. The molecule has 2 heterocycles. The molecule has 10 heteroatoms. The zero-order valence-electron chi connectivity index (χ0n) is 16.0. The lowest BCUT2D eigenvalue weighted by molar-refractivity contribution is -0.384. The van der Waals surface area contributed by atoms with Crippen molar-refractivity contribution >= 4 is 51.9 Å². The molecule has 0 spiro atoms. The van der Waals surface area contributed by atoms with Gasteiger partial charge < -0.3 is 14.5 Å². The van der Waals surface area contributed by atoms with Crippen LogP contribution >= 0.6 is 23.4 Å². The average molecular weight is 456 g/mol. The average Bonchev–Trinajstić information content (AvgIpc) is 3.35. The molecule has 1 aromatic heterocycles. The molecule has 1 aliphatic rings. The van der Waals surface area contributed by atoms with E-state index in [1.54, 1.807) is 48.5 Å². The van der Waals surface area contributed by atoms with E-state index in [2.05, 4.69) is 10.3 Å². The number of nitrogens with one attached hydrogen (secondary N) is 1. The number of amides is 1. The van der Waals surface area contributed by atoms with Gasteiger partial charge in [0.25, 0.3) is 11.6 Å². The summed E-state index contributed by atoms with van der Waals surface area (Å²) in [5.74, 6) is 1.22. The SMILES string of the molecule is COc1ccc(Cl)cc1N=C1NC(=O)/C(=C/c2ccc(-c3ccc([N+](=O)[O-])cc3)o2)S1. The van der Waals surface area contributed by atoms with Crippen molar-refractivity contribution < 1.29 is 18.9 Å². The fourth-order valence-corrected chi connectivity index (χ4v) is 3.78. The van der Waals surface area contributed by atoms with E-state index in [0.717, 1.165) is 11.8 Å². The summed E-state index contributed by atoms with van der Waals surface area (Å²) in [6.45, 7) is 0. The molecule has 1 aliphatic heterocycles. The number of aliphatic imine (C=N–C) groups is 1. The third-order valence-corrected chi connectivity index (χ3v) is 5.42. The van der Waals surface area contributed by atoms with E-state index in [1.807, 2.05) is 0 Å². The van der Waals surface area contributed by atoms with Crippen LogP contribution in [0.25, 0.3) is 17.4 Å². The second kappa shape index (κ2) is 8.66. The van der Waals surface area contributed by atoms with E-state index in [0.29, 0.717) is 43.6 Å². The van der Waals surface area contributed by atoms with E-state index in [9.17, 15) is 14.9 Å². The molecule has 1 amide bonds. The monoisotopic (exact) mass is 455 g/mol. The van der Waals surface area contributed by atoms with Gasteiger partial charge >= 0.3 is 0 Å². The molecule has 156 valence electrons. The lowest BCUT2D eigenvalue weighted by atomic mass is 10.1. The standard InChI is InChI=1S/C21H14ClN3O5S/c1-29-18-8-4-13(22)10-16(18)23-21-24-20(26)19(31-21)11-15-7-9-17(30-15)12-2-5-14(6-3-12)25(27)28/h2-11H,1H3,(H,23,24,26)/b19-11-. The first-order chi connectivity index (χ1) is 14.9. The van der Waals surface area contributed by atoms with Crippen LogP contribution in [0, 0.1) is 10.1 Å². The number of nitro groups is 1. The quantitative estimate of drug-likeness (QED) is 0.313. The Morgan fingerprint density at radius 2 is 1.97 bits per heavy atom. The molecule has 4 rings (SSSR count). The molecule has 0 bridgehead atoms. The number of benzene rings is 2. The van der Waals surface area contributed by atoms with Crippen LogP contribution in [0.1, 0.15) is 5.76 Å². The molecule has 3 aromatic rings. The first-order valence-corrected chi connectivity index (χ1v) is 10.1. The second-order valence-corrected chi connectivity index (χ2v) is 7.77. The fraction of sp³-hybridized carbons (Fsp3) is 0.0476. The Morgan fingerprint density at radius 3 is 2.68 bits per heavy atom. The van der Waals surface area contributed by atoms with Crippen LogP contribution in [0.15, 0.2) is 68.9 Å². The van der Waals surface area contributed by atoms with Gasteiger partial charge in [0, 0.05) is 28.8 Å². The lowest BCUT2D eigenvalue weighted by Crippen LogP contribution is -2.19. The number of amidine groups is 1. The van der Waals surface area contributed by atoms with Gasteiger partial charge in [0.15, 0.2) is 5.17 Å². The third-order valence-electron chi connectivity index (χ3n) is 4.28. The van der Waals surface area contributed by atoms with Crippen molar-refractivity contribution in [3.05, 3.63) is 80.4 Å². The van der Waals surface area contributed by atoms with E-state index >= 15 is 0 Å². The number of hydrogen-bond acceptors (Lipinski definition) is 7. The molecule has 0 unspecified atom stereocenters. The maximum Gasteiger partial charge on any atom is 0.269 e. The second-order valence-electron chi connectivity index (χ2n) is 6.30. The summed E-state index contributed by atoms with van der Waals surface area (Å²) in [7, 11) is 1.53. The molecule has 0 saturated carbocycles. The number of nitrogens with zero attached hydrogens (tertiary/aromatic N) is 2. The molecule has 0 atom stereocenters. The topological polar surface area (TPSA) is 107 Å². The molecular weight excluding hydrogens is 442 g/mol.